The van der Waals surface area contributed by atoms with Gasteiger partial charge in [-0.25, -0.2) is 0 Å². The number of carboxylic acid groups (broad SMARTS) is 1. The Kier molecular flexibility index (Phi) is 6.67. The number of hydrogen-bond acceptors (Lipinski definition) is 4. The van der Waals surface area contributed by atoms with Crippen LogP contribution in [-0.2, 0) is 14.3 Å². The molecule has 0 aromatic carbocycles. The van der Waals surface area contributed by atoms with Gasteiger partial charge >= 0.3 is 5.97 Å². The summed E-state index contributed by atoms with van der Waals surface area (Å²) in [5, 5.41) is 14.5. The van der Waals surface area contributed by atoms with Crippen molar-refractivity contribution >= 4 is 11.9 Å². The van der Waals surface area contributed by atoms with E-state index in [1.165, 1.54) is 14.0 Å². The predicted octanol–water partition coefficient (Wildman–Crippen LogP) is -0.408. The van der Waals surface area contributed by atoms with E-state index < -0.39 is 11.5 Å². The monoisotopic (exact) mass is 232 g/mol. The standard InChI is InChI=1S/C10H20N2O4/c1-8(13)11-5-6-12-10(2,9(14)15)4-7-16-3/h12H,4-7H2,1-3H3,(H,11,13)(H,14,15). The summed E-state index contributed by atoms with van der Waals surface area (Å²) in [5.74, 6) is -1.05. The molecule has 0 heterocycles. The summed E-state index contributed by atoms with van der Waals surface area (Å²) in [5.41, 5.74) is -1.02. The highest BCUT2D eigenvalue weighted by Crippen LogP contribution is 2.09. The average Bonchev–Trinajstić information content (AvgIpc) is 2.21. The van der Waals surface area contributed by atoms with Gasteiger partial charge in [0, 0.05) is 33.7 Å². The largest absolute Gasteiger partial charge is 0.480 e. The van der Waals surface area contributed by atoms with E-state index in [1.54, 1.807) is 6.92 Å². The third kappa shape index (κ3) is 5.67. The lowest BCUT2D eigenvalue weighted by molar-refractivity contribution is -0.144. The number of rotatable bonds is 8. The minimum Gasteiger partial charge on any atom is -0.480 e. The third-order valence-corrected chi connectivity index (χ3v) is 2.29. The van der Waals surface area contributed by atoms with Gasteiger partial charge in [-0.05, 0) is 13.3 Å². The molecule has 0 aromatic heterocycles. The highest BCUT2D eigenvalue weighted by Gasteiger charge is 2.31. The molecule has 0 fully saturated rings. The molecule has 1 unspecified atom stereocenters. The van der Waals surface area contributed by atoms with Gasteiger partial charge in [0.05, 0.1) is 0 Å². The quantitative estimate of drug-likeness (QED) is 0.495. The van der Waals surface area contributed by atoms with E-state index in [2.05, 4.69) is 10.6 Å². The van der Waals surface area contributed by atoms with Crippen LogP contribution in [0.1, 0.15) is 20.3 Å². The third-order valence-electron chi connectivity index (χ3n) is 2.29. The van der Waals surface area contributed by atoms with E-state index in [9.17, 15) is 9.59 Å². The molecule has 0 aromatic rings. The first-order valence-electron chi connectivity index (χ1n) is 5.14. The summed E-state index contributed by atoms with van der Waals surface area (Å²) in [6.45, 7) is 4.21. The van der Waals surface area contributed by atoms with Crippen molar-refractivity contribution in [2.45, 2.75) is 25.8 Å². The molecule has 0 aliphatic rings. The van der Waals surface area contributed by atoms with E-state index in [4.69, 9.17) is 9.84 Å². The molecule has 3 N–H and O–H groups in total. The van der Waals surface area contributed by atoms with Crippen molar-refractivity contribution in [2.75, 3.05) is 26.8 Å². The van der Waals surface area contributed by atoms with Crippen LogP contribution in [0.2, 0.25) is 0 Å². The number of methoxy groups -OCH3 is 1. The van der Waals surface area contributed by atoms with Gasteiger partial charge in [-0.1, -0.05) is 0 Å². The van der Waals surface area contributed by atoms with Gasteiger partial charge in [0.25, 0.3) is 0 Å². The first-order valence-corrected chi connectivity index (χ1v) is 5.14. The van der Waals surface area contributed by atoms with Crippen LogP contribution in [0.25, 0.3) is 0 Å². The van der Waals surface area contributed by atoms with E-state index in [0.717, 1.165) is 0 Å². The fourth-order valence-electron chi connectivity index (χ4n) is 1.15. The molecule has 16 heavy (non-hydrogen) atoms. The van der Waals surface area contributed by atoms with E-state index in [1.807, 2.05) is 0 Å². The molecule has 6 nitrogen and oxygen atoms in total. The maximum atomic E-state index is 11.0. The summed E-state index contributed by atoms with van der Waals surface area (Å²) in [6.07, 6.45) is 0.374. The van der Waals surface area contributed by atoms with Crippen LogP contribution in [0.5, 0.6) is 0 Å². The Hall–Kier alpha value is -1.14. The second kappa shape index (κ2) is 7.19. The summed E-state index contributed by atoms with van der Waals surface area (Å²) < 4.78 is 4.86. The highest BCUT2D eigenvalue weighted by atomic mass is 16.5. The zero-order valence-corrected chi connectivity index (χ0v) is 10.0. The molecule has 0 saturated carbocycles. The molecule has 0 bridgehead atoms. The van der Waals surface area contributed by atoms with Gasteiger partial charge in [-0.2, -0.15) is 0 Å². The molecule has 0 aliphatic carbocycles. The minimum absolute atomic E-state index is 0.129. The SMILES string of the molecule is COCCC(C)(NCCNC(C)=O)C(=O)O. The van der Waals surface area contributed by atoms with Crippen LogP contribution in [0.4, 0.5) is 0 Å². The molecule has 0 spiro atoms. The van der Waals surface area contributed by atoms with Gasteiger partial charge in [0.2, 0.25) is 5.91 Å². The van der Waals surface area contributed by atoms with Crippen molar-refractivity contribution < 1.29 is 19.4 Å². The van der Waals surface area contributed by atoms with Gasteiger partial charge < -0.3 is 20.5 Å². The Morgan fingerprint density at radius 3 is 2.44 bits per heavy atom. The zero-order valence-electron chi connectivity index (χ0n) is 10.0. The lowest BCUT2D eigenvalue weighted by Crippen LogP contribution is -2.52. The van der Waals surface area contributed by atoms with E-state index >= 15 is 0 Å². The van der Waals surface area contributed by atoms with E-state index in [0.29, 0.717) is 26.1 Å². The van der Waals surface area contributed by atoms with Crippen molar-refractivity contribution in [3.63, 3.8) is 0 Å². The van der Waals surface area contributed by atoms with Gasteiger partial charge in [0.15, 0.2) is 0 Å². The molecule has 6 heteroatoms. The molecular formula is C10H20N2O4. The van der Waals surface area contributed by atoms with Crippen molar-refractivity contribution in [1.29, 1.82) is 0 Å². The van der Waals surface area contributed by atoms with Crippen molar-refractivity contribution in [1.82, 2.24) is 10.6 Å². The normalized spacial score (nSPS) is 14.2. The topological polar surface area (TPSA) is 87.7 Å². The predicted molar refractivity (Wildman–Crippen MR) is 59.2 cm³/mol. The molecule has 0 aliphatic heterocycles. The fourth-order valence-corrected chi connectivity index (χ4v) is 1.15. The summed E-state index contributed by atoms with van der Waals surface area (Å²) in [6, 6.07) is 0. The lowest BCUT2D eigenvalue weighted by atomic mass is 9.98. The molecule has 1 amide bonds. The molecular weight excluding hydrogens is 212 g/mol. The van der Waals surface area contributed by atoms with Gasteiger partial charge in [-0.3, -0.25) is 9.59 Å². The minimum atomic E-state index is -1.02. The Labute approximate surface area is 95.4 Å². The maximum Gasteiger partial charge on any atom is 0.323 e. The fraction of sp³-hybridized carbons (Fsp3) is 0.800. The second-order valence-electron chi connectivity index (χ2n) is 3.79. The maximum absolute atomic E-state index is 11.0. The average molecular weight is 232 g/mol. The Morgan fingerprint density at radius 2 is 2.00 bits per heavy atom. The van der Waals surface area contributed by atoms with Crippen LogP contribution in [0.3, 0.4) is 0 Å². The molecule has 94 valence electrons. The Morgan fingerprint density at radius 1 is 1.38 bits per heavy atom. The second-order valence-corrected chi connectivity index (χ2v) is 3.79. The van der Waals surface area contributed by atoms with Crippen LogP contribution in [0, 0.1) is 0 Å². The summed E-state index contributed by atoms with van der Waals surface area (Å²) >= 11 is 0. The number of ether oxygens (including phenoxy) is 1. The number of hydrogen-bond donors (Lipinski definition) is 3. The van der Waals surface area contributed by atoms with E-state index in [-0.39, 0.29) is 5.91 Å². The van der Waals surface area contributed by atoms with Crippen molar-refractivity contribution in [3.05, 3.63) is 0 Å². The highest BCUT2D eigenvalue weighted by molar-refractivity contribution is 5.78. The number of carbonyl (C=O) groups excluding carboxylic acids is 1. The Balaban J connectivity index is 4.02. The first kappa shape index (κ1) is 14.9. The van der Waals surface area contributed by atoms with Crippen LogP contribution in [-0.4, -0.2) is 49.3 Å². The van der Waals surface area contributed by atoms with Gasteiger partial charge in [-0.15, -0.1) is 0 Å². The smallest absolute Gasteiger partial charge is 0.323 e. The van der Waals surface area contributed by atoms with Crippen LogP contribution in [0.15, 0.2) is 0 Å². The van der Waals surface area contributed by atoms with Gasteiger partial charge in [0.1, 0.15) is 5.54 Å². The number of carbonyl (C=O) groups is 2. The molecule has 1 atom stereocenters. The molecule has 0 radical (unpaired) electrons. The number of amides is 1. The number of nitrogens with one attached hydrogen (secondary N) is 2. The Bertz CT molecular complexity index is 245. The zero-order chi connectivity index (χ0) is 12.6. The van der Waals surface area contributed by atoms with Crippen molar-refractivity contribution in [3.8, 4) is 0 Å². The number of aliphatic carboxylic acids is 1. The van der Waals surface area contributed by atoms with Crippen molar-refractivity contribution in [2.24, 2.45) is 0 Å². The summed E-state index contributed by atoms with van der Waals surface area (Å²) in [4.78, 5) is 21.6. The first-order chi connectivity index (χ1) is 7.42. The van der Waals surface area contributed by atoms with Crippen LogP contribution < -0.4 is 10.6 Å². The number of carboxylic acids is 1. The lowest BCUT2D eigenvalue weighted by Gasteiger charge is -2.26. The summed E-state index contributed by atoms with van der Waals surface area (Å²) in [7, 11) is 1.53. The molecule has 0 rings (SSSR count). The van der Waals surface area contributed by atoms with Crippen LogP contribution >= 0.6 is 0 Å². The molecule has 0 saturated heterocycles.